The van der Waals surface area contributed by atoms with E-state index in [4.69, 9.17) is 23.2 Å². The van der Waals surface area contributed by atoms with Crippen molar-refractivity contribution in [2.24, 2.45) is 0 Å². The SMILES string of the molecule is O=C(Cn1nc(-c2ccc(Cl)cc2)ccc1=O)NNS(=O)(=O)c1ccc(Cl)cc1. The maximum absolute atomic E-state index is 12.2. The number of halogens is 2. The molecule has 1 amide bonds. The summed E-state index contributed by atoms with van der Waals surface area (Å²) in [6, 6.07) is 15.0. The van der Waals surface area contributed by atoms with Crippen LogP contribution in [0.15, 0.2) is 70.4 Å². The van der Waals surface area contributed by atoms with Crippen molar-refractivity contribution in [3.8, 4) is 11.3 Å². The first-order valence-electron chi connectivity index (χ1n) is 8.15. The number of nitrogens with zero attached hydrogens (tertiary/aromatic N) is 2. The number of carbonyl (C=O) groups excluding carboxylic acids is 1. The van der Waals surface area contributed by atoms with E-state index in [1.807, 2.05) is 4.83 Å². The number of benzene rings is 2. The molecule has 8 nitrogen and oxygen atoms in total. The number of aromatic nitrogens is 2. The van der Waals surface area contributed by atoms with Gasteiger partial charge >= 0.3 is 0 Å². The summed E-state index contributed by atoms with van der Waals surface area (Å²) in [5.74, 6) is -0.773. The minimum Gasteiger partial charge on any atom is -0.276 e. The summed E-state index contributed by atoms with van der Waals surface area (Å²) < 4.78 is 25.3. The molecule has 3 rings (SSSR count). The lowest BCUT2D eigenvalue weighted by molar-refractivity contribution is -0.122. The Labute approximate surface area is 176 Å². The van der Waals surface area contributed by atoms with Crippen LogP contribution in [0.4, 0.5) is 0 Å². The van der Waals surface area contributed by atoms with E-state index in [2.05, 4.69) is 10.5 Å². The molecule has 0 aliphatic heterocycles. The summed E-state index contributed by atoms with van der Waals surface area (Å²) in [4.78, 5) is 26.0. The van der Waals surface area contributed by atoms with Crippen LogP contribution in [-0.2, 0) is 21.4 Å². The summed E-state index contributed by atoms with van der Waals surface area (Å²) in [5, 5.41) is 5.06. The molecular weight excluding hydrogens is 439 g/mol. The monoisotopic (exact) mass is 452 g/mol. The fourth-order valence-corrected chi connectivity index (χ4v) is 3.42. The molecule has 11 heteroatoms. The quantitative estimate of drug-likeness (QED) is 0.557. The van der Waals surface area contributed by atoms with Crippen LogP contribution in [0.1, 0.15) is 0 Å². The molecule has 0 bridgehead atoms. The summed E-state index contributed by atoms with van der Waals surface area (Å²) in [7, 11) is -3.99. The molecular formula is C18H14Cl2N4O4S. The normalized spacial score (nSPS) is 11.2. The Morgan fingerprint density at radius 1 is 0.931 bits per heavy atom. The molecule has 2 N–H and O–H groups in total. The number of hydrazine groups is 1. The molecule has 150 valence electrons. The predicted octanol–water partition coefficient (Wildman–Crippen LogP) is 2.23. The van der Waals surface area contributed by atoms with Crippen molar-refractivity contribution in [1.29, 1.82) is 0 Å². The van der Waals surface area contributed by atoms with Crippen LogP contribution in [0.25, 0.3) is 11.3 Å². The maximum atomic E-state index is 12.2. The molecule has 2 aromatic carbocycles. The van der Waals surface area contributed by atoms with E-state index in [0.717, 1.165) is 4.68 Å². The smallest absolute Gasteiger partial charge is 0.267 e. The van der Waals surface area contributed by atoms with E-state index in [9.17, 15) is 18.0 Å². The van der Waals surface area contributed by atoms with Gasteiger partial charge in [0.05, 0.1) is 10.6 Å². The highest BCUT2D eigenvalue weighted by molar-refractivity contribution is 7.89. The van der Waals surface area contributed by atoms with Crippen molar-refractivity contribution in [2.75, 3.05) is 0 Å². The first kappa shape index (κ1) is 21.0. The second kappa shape index (κ2) is 8.75. The minimum absolute atomic E-state index is 0.0813. The topological polar surface area (TPSA) is 110 Å². The lowest BCUT2D eigenvalue weighted by Gasteiger charge is -2.10. The molecule has 0 saturated heterocycles. The standard InChI is InChI=1S/C18H14Cl2N4O4S/c19-13-3-1-12(2-4-13)16-9-10-18(26)24(22-16)11-17(25)21-23-29(27,28)15-7-5-14(20)6-8-15/h1-10,23H,11H2,(H,21,25). The fourth-order valence-electron chi connectivity index (χ4n) is 2.31. The second-order valence-electron chi connectivity index (χ2n) is 5.83. The Morgan fingerprint density at radius 3 is 2.14 bits per heavy atom. The number of carbonyl (C=O) groups is 1. The van der Waals surface area contributed by atoms with E-state index in [1.54, 1.807) is 24.3 Å². The van der Waals surface area contributed by atoms with Gasteiger partial charge in [0.25, 0.3) is 21.5 Å². The number of hydrogen-bond donors (Lipinski definition) is 2. The molecule has 0 saturated carbocycles. The summed E-state index contributed by atoms with van der Waals surface area (Å²) in [5.41, 5.74) is 2.69. The van der Waals surface area contributed by atoms with Crippen LogP contribution in [0.3, 0.4) is 0 Å². The van der Waals surface area contributed by atoms with Gasteiger partial charge in [0.2, 0.25) is 0 Å². The van der Waals surface area contributed by atoms with Crippen molar-refractivity contribution in [3.05, 3.63) is 81.1 Å². The summed E-state index contributed by atoms with van der Waals surface area (Å²) >= 11 is 11.6. The van der Waals surface area contributed by atoms with Gasteiger partial charge in [0, 0.05) is 21.7 Å². The molecule has 29 heavy (non-hydrogen) atoms. The van der Waals surface area contributed by atoms with E-state index < -0.39 is 28.0 Å². The zero-order valence-electron chi connectivity index (χ0n) is 14.7. The molecule has 0 aliphatic carbocycles. The second-order valence-corrected chi connectivity index (χ2v) is 8.38. The summed E-state index contributed by atoms with van der Waals surface area (Å²) in [6.07, 6.45) is 0. The Hall–Kier alpha value is -2.72. The van der Waals surface area contributed by atoms with Gasteiger partial charge in [0.15, 0.2) is 0 Å². The van der Waals surface area contributed by atoms with Gasteiger partial charge in [-0.25, -0.2) is 13.1 Å². The van der Waals surface area contributed by atoms with Gasteiger partial charge in [-0.1, -0.05) is 35.3 Å². The first-order chi connectivity index (χ1) is 13.7. The van der Waals surface area contributed by atoms with Crippen LogP contribution < -0.4 is 15.8 Å². The molecule has 1 heterocycles. The number of rotatable bonds is 6. The van der Waals surface area contributed by atoms with E-state index in [-0.39, 0.29) is 4.90 Å². The van der Waals surface area contributed by atoms with Crippen molar-refractivity contribution >= 4 is 39.1 Å². The number of sulfonamides is 1. The fraction of sp³-hybridized carbons (Fsp3) is 0.0556. The van der Waals surface area contributed by atoms with Gasteiger partial charge in [-0.05, 0) is 42.5 Å². The van der Waals surface area contributed by atoms with Gasteiger partial charge < -0.3 is 0 Å². The minimum atomic E-state index is -3.99. The Morgan fingerprint density at radius 2 is 1.52 bits per heavy atom. The molecule has 3 aromatic rings. The van der Waals surface area contributed by atoms with Crippen molar-refractivity contribution in [2.45, 2.75) is 11.4 Å². The maximum Gasteiger partial charge on any atom is 0.267 e. The molecule has 0 unspecified atom stereocenters. The molecule has 0 spiro atoms. The Bertz CT molecular complexity index is 1190. The first-order valence-corrected chi connectivity index (χ1v) is 10.4. The molecule has 0 aliphatic rings. The van der Waals surface area contributed by atoms with Crippen molar-refractivity contribution < 1.29 is 13.2 Å². The molecule has 0 fully saturated rings. The zero-order valence-corrected chi connectivity index (χ0v) is 17.0. The average molecular weight is 453 g/mol. The van der Waals surface area contributed by atoms with E-state index in [1.165, 1.54) is 36.4 Å². The van der Waals surface area contributed by atoms with Crippen LogP contribution in [0, 0.1) is 0 Å². The lowest BCUT2D eigenvalue weighted by Crippen LogP contribution is -2.44. The third kappa shape index (κ3) is 5.42. The molecule has 1 aromatic heterocycles. The third-order valence-corrected chi connectivity index (χ3v) is 5.52. The van der Waals surface area contributed by atoms with E-state index >= 15 is 0 Å². The highest BCUT2D eigenvalue weighted by Crippen LogP contribution is 2.18. The lowest BCUT2D eigenvalue weighted by atomic mass is 10.1. The summed E-state index contributed by atoms with van der Waals surface area (Å²) in [6.45, 7) is -0.483. The Balaban J connectivity index is 1.70. The Kier molecular flexibility index (Phi) is 6.33. The predicted molar refractivity (Wildman–Crippen MR) is 109 cm³/mol. The highest BCUT2D eigenvalue weighted by atomic mass is 35.5. The molecule has 0 radical (unpaired) electrons. The highest BCUT2D eigenvalue weighted by Gasteiger charge is 2.15. The van der Waals surface area contributed by atoms with Crippen molar-refractivity contribution in [3.63, 3.8) is 0 Å². The van der Waals surface area contributed by atoms with Crippen LogP contribution in [0.5, 0.6) is 0 Å². The van der Waals surface area contributed by atoms with Crippen LogP contribution in [-0.4, -0.2) is 24.1 Å². The number of nitrogens with one attached hydrogen (secondary N) is 2. The number of amides is 1. The van der Waals surface area contributed by atoms with Gasteiger partial charge in [-0.3, -0.25) is 15.0 Å². The van der Waals surface area contributed by atoms with Crippen LogP contribution in [0.2, 0.25) is 10.0 Å². The molecule has 0 atom stereocenters. The van der Waals surface area contributed by atoms with E-state index in [0.29, 0.717) is 21.3 Å². The third-order valence-electron chi connectivity index (χ3n) is 3.75. The largest absolute Gasteiger partial charge is 0.276 e. The van der Waals surface area contributed by atoms with Gasteiger partial charge in [0.1, 0.15) is 6.54 Å². The van der Waals surface area contributed by atoms with Crippen LogP contribution >= 0.6 is 23.2 Å². The zero-order chi connectivity index (χ0) is 21.0. The van der Waals surface area contributed by atoms with Gasteiger partial charge in [-0.2, -0.15) is 5.10 Å². The van der Waals surface area contributed by atoms with Crippen molar-refractivity contribution in [1.82, 2.24) is 20.0 Å². The number of hydrogen-bond acceptors (Lipinski definition) is 5. The average Bonchev–Trinajstić information content (AvgIpc) is 2.69. The van der Waals surface area contributed by atoms with Gasteiger partial charge in [-0.15, -0.1) is 4.83 Å².